The van der Waals surface area contributed by atoms with Gasteiger partial charge in [0.15, 0.2) is 0 Å². The molecule has 3 aromatic rings. The number of hydrogen-bond donors (Lipinski definition) is 2. The molecule has 4 rings (SSSR count). The summed E-state index contributed by atoms with van der Waals surface area (Å²) in [7, 11) is 3.17. The Hall–Kier alpha value is -3.94. The second-order valence-electron chi connectivity index (χ2n) is 7.69. The second-order valence-corrected chi connectivity index (χ2v) is 7.69. The number of nitrogens with zero attached hydrogens (tertiary/aromatic N) is 1. The first-order valence-corrected chi connectivity index (χ1v) is 10.1. The summed E-state index contributed by atoms with van der Waals surface area (Å²) in [6.07, 6.45) is 1.55. The molecule has 0 saturated carbocycles. The van der Waals surface area contributed by atoms with E-state index in [4.69, 9.17) is 18.9 Å². The van der Waals surface area contributed by atoms with Crippen LogP contribution in [0.4, 0.5) is 11.4 Å². The number of carbonyl (C=O) groups is 1. The van der Waals surface area contributed by atoms with Crippen LogP contribution in [0.15, 0.2) is 60.8 Å². The van der Waals surface area contributed by atoms with E-state index in [2.05, 4.69) is 15.6 Å². The Morgan fingerprint density at radius 3 is 2.56 bits per heavy atom. The van der Waals surface area contributed by atoms with Crippen molar-refractivity contribution in [3.05, 3.63) is 66.4 Å². The van der Waals surface area contributed by atoms with Gasteiger partial charge in [0, 0.05) is 11.6 Å². The van der Waals surface area contributed by atoms with Crippen molar-refractivity contribution in [2.45, 2.75) is 12.5 Å². The summed E-state index contributed by atoms with van der Waals surface area (Å²) in [6, 6.07) is 16.1. The Morgan fingerprint density at radius 1 is 1.09 bits per heavy atom. The van der Waals surface area contributed by atoms with Crippen LogP contribution in [0.5, 0.6) is 23.1 Å². The van der Waals surface area contributed by atoms with Gasteiger partial charge >= 0.3 is 0 Å². The topological polar surface area (TPSA) is 90.9 Å². The lowest BCUT2D eigenvalue weighted by molar-refractivity contribution is 0.102. The Balaban J connectivity index is 1.42. The van der Waals surface area contributed by atoms with Crippen molar-refractivity contribution in [2.24, 2.45) is 0 Å². The van der Waals surface area contributed by atoms with Crippen LogP contribution < -0.4 is 29.6 Å². The number of pyridine rings is 1. The number of nitrogens with one attached hydrogen (secondary N) is 2. The largest absolute Gasteiger partial charge is 0.497 e. The second kappa shape index (κ2) is 9.05. The highest BCUT2D eigenvalue weighted by Crippen LogP contribution is 2.34. The highest BCUT2D eigenvalue weighted by atomic mass is 16.5. The fourth-order valence-corrected chi connectivity index (χ4v) is 3.26. The molecule has 1 atom stereocenters. The number of methoxy groups -OCH3 is 2. The minimum Gasteiger partial charge on any atom is -0.497 e. The SMILES string of the molecule is COc1ccc(OCC2(C)COc3ccc(C(=O)Nc4ccc(OC)nc4)cc3N2)cc1. The third-order valence-electron chi connectivity index (χ3n) is 5.04. The Labute approximate surface area is 186 Å². The fraction of sp³-hybridized carbons (Fsp3) is 0.250. The quantitative estimate of drug-likeness (QED) is 0.580. The molecule has 8 nitrogen and oxygen atoms in total. The standard InChI is InChI=1S/C24H25N3O5/c1-24(14-31-19-8-6-18(29-2)7-9-19)15-32-21-10-4-16(12-20(21)27-24)23(28)26-17-5-11-22(30-3)25-13-17/h4-13,27H,14-15H2,1-3H3,(H,26,28). The first-order chi connectivity index (χ1) is 15.5. The molecule has 0 saturated heterocycles. The molecule has 0 aliphatic carbocycles. The fourth-order valence-electron chi connectivity index (χ4n) is 3.26. The first kappa shape index (κ1) is 21.3. The number of amides is 1. The summed E-state index contributed by atoms with van der Waals surface area (Å²) in [5, 5.41) is 6.29. The van der Waals surface area contributed by atoms with Crippen LogP contribution in [0, 0.1) is 0 Å². The highest BCUT2D eigenvalue weighted by Gasteiger charge is 2.32. The van der Waals surface area contributed by atoms with Gasteiger partial charge in [0.05, 0.1) is 31.8 Å². The van der Waals surface area contributed by atoms with Crippen molar-refractivity contribution in [3.63, 3.8) is 0 Å². The molecule has 2 N–H and O–H groups in total. The molecule has 8 heteroatoms. The zero-order chi connectivity index (χ0) is 22.6. The van der Waals surface area contributed by atoms with Crippen molar-refractivity contribution in [1.29, 1.82) is 0 Å². The molecule has 1 unspecified atom stereocenters. The average molecular weight is 435 g/mol. The molecule has 1 aliphatic heterocycles. The van der Waals surface area contributed by atoms with Crippen molar-refractivity contribution < 1.29 is 23.7 Å². The maximum atomic E-state index is 12.7. The molecule has 0 bridgehead atoms. The van der Waals surface area contributed by atoms with Crippen LogP contribution in [0.3, 0.4) is 0 Å². The monoisotopic (exact) mass is 435 g/mol. The molecule has 2 aromatic carbocycles. The summed E-state index contributed by atoms with van der Waals surface area (Å²) in [5.74, 6) is 2.43. The van der Waals surface area contributed by atoms with Gasteiger partial charge in [-0.3, -0.25) is 4.79 Å². The predicted molar refractivity (Wildman–Crippen MR) is 121 cm³/mol. The van der Waals surface area contributed by atoms with Gasteiger partial charge in [-0.25, -0.2) is 4.98 Å². The maximum Gasteiger partial charge on any atom is 0.255 e. The normalized spacial score (nSPS) is 16.7. The number of hydrogen-bond acceptors (Lipinski definition) is 7. The minimum atomic E-state index is -0.470. The Kier molecular flexibility index (Phi) is 6.02. The number of fused-ring (bicyclic) bond motifs is 1. The molecule has 0 spiro atoms. The van der Waals surface area contributed by atoms with E-state index in [1.54, 1.807) is 50.7 Å². The Bertz CT molecular complexity index is 1090. The third-order valence-corrected chi connectivity index (χ3v) is 5.04. The molecular formula is C24H25N3O5. The van der Waals surface area contributed by atoms with Gasteiger partial charge < -0.3 is 29.6 Å². The van der Waals surface area contributed by atoms with Crippen LogP contribution in [-0.2, 0) is 0 Å². The molecule has 2 heterocycles. The molecule has 1 aliphatic rings. The zero-order valence-electron chi connectivity index (χ0n) is 18.2. The molecule has 1 amide bonds. The van der Waals surface area contributed by atoms with Gasteiger partial charge in [0.25, 0.3) is 5.91 Å². The summed E-state index contributed by atoms with van der Waals surface area (Å²) >= 11 is 0. The molecule has 0 radical (unpaired) electrons. The van der Waals surface area contributed by atoms with E-state index in [0.29, 0.717) is 36.1 Å². The maximum absolute atomic E-state index is 12.7. The van der Waals surface area contributed by atoms with Gasteiger partial charge in [-0.1, -0.05) is 0 Å². The van der Waals surface area contributed by atoms with Crippen LogP contribution in [0.25, 0.3) is 0 Å². The van der Waals surface area contributed by atoms with Gasteiger partial charge in [0.1, 0.15) is 36.0 Å². The summed E-state index contributed by atoms with van der Waals surface area (Å²) in [6.45, 7) is 2.82. The predicted octanol–water partition coefficient (Wildman–Crippen LogP) is 3.99. The lowest BCUT2D eigenvalue weighted by atomic mass is 10.0. The van der Waals surface area contributed by atoms with Gasteiger partial charge in [-0.15, -0.1) is 0 Å². The molecule has 166 valence electrons. The molecule has 32 heavy (non-hydrogen) atoms. The van der Waals surface area contributed by atoms with Crippen LogP contribution in [-0.4, -0.2) is 43.9 Å². The number of aromatic nitrogens is 1. The van der Waals surface area contributed by atoms with Crippen LogP contribution in [0.2, 0.25) is 0 Å². The van der Waals surface area contributed by atoms with Crippen molar-refractivity contribution in [3.8, 4) is 23.1 Å². The number of benzene rings is 2. The lowest BCUT2D eigenvalue weighted by Crippen LogP contribution is -2.48. The van der Waals surface area contributed by atoms with E-state index in [1.807, 2.05) is 31.2 Å². The third kappa shape index (κ3) is 4.85. The number of carbonyl (C=O) groups excluding carboxylic acids is 1. The van der Waals surface area contributed by atoms with E-state index >= 15 is 0 Å². The van der Waals surface area contributed by atoms with Crippen LogP contribution >= 0.6 is 0 Å². The number of anilines is 2. The van der Waals surface area contributed by atoms with Gasteiger partial charge in [-0.05, 0) is 55.5 Å². The minimum absolute atomic E-state index is 0.247. The number of ether oxygens (including phenoxy) is 4. The smallest absolute Gasteiger partial charge is 0.255 e. The van der Waals surface area contributed by atoms with Crippen LogP contribution in [0.1, 0.15) is 17.3 Å². The Morgan fingerprint density at radius 2 is 1.88 bits per heavy atom. The van der Waals surface area contributed by atoms with Gasteiger partial charge in [0.2, 0.25) is 5.88 Å². The van der Waals surface area contributed by atoms with Crippen molar-refractivity contribution >= 4 is 17.3 Å². The van der Waals surface area contributed by atoms with E-state index < -0.39 is 5.54 Å². The van der Waals surface area contributed by atoms with E-state index in [0.717, 1.165) is 17.2 Å². The summed E-state index contributed by atoms with van der Waals surface area (Å²) in [4.78, 5) is 16.8. The van der Waals surface area contributed by atoms with E-state index in [9.17, 15) is 4.79 Å². The van der Waals surface area contributed by atoms with E-state index in [-0.39, 0.29) is 5.91 Å². The summed E-state index contributed by atoms with van der Waals surface area (Å²) < 4.78 is 22.1. The van der Waals surface area contributed by atoms with Crippen molar-refractivity contribution in [2.75, 3.05) is 38.1 Å². The molecule has 1 aromatic heterocycles. The number of rotatable bonds is 7. The van der Waals surface area contributed by atoms with E-state index in [1.165, 1.54) is 0 Å². The molecular weight excluding hydrogens is 410 g/mol. The van der Waals surface area contributed by atoms with Crippen molar-refractivity contribution in [1.82, 2.24) is 4.98 Å². The summed E-state index contributed by atoms with van der Waals surface area (Å²) in [5.41, 5.74) is 1.34. The lowest BCUT2D eigenvalue weighted by Gasteiger charge is -2.36. The highest BCUT2D eigenvalue weighted by molar-refractivity contribution is 6.05. The zero-order valence-corrected chi connectivity index (χ0v) is 18.2. The molecule has 0 fully saturated rings. The first-order valence-electron chi connectivity index (χ1n) is 10.1. The van der Waals surface area contributed by atoms with Gasteiger partial charge in [-0.2, -0.15) is 0 Å². The average Bonchev–Trinajstić information content (AvgIpc) is 2.83.